The molecule has 7 heteroatoms. The zero-order valence-corrected chi connectivity index (χ0v) is 13.5. The summed E-state index contributed by atoms with van der Waals surface area (Å²) in [5.74, 6) is -0.148. The van der Waals surface area contributed by atoms with Crippen molar-refractivity contribution < 1.29 is 14.3 Å². The molecule has 21 heavy (non-hydrogen) atoms. The van der Waals surface area contributed by atoms with Crippen LogP contribution in [0, 0.1) is 0 Å². The van der Waals surface area contributed by atoms with Crippen LogP contribution in [0.25, 0.3) is 0 Å². The van der Waals surface area contributed by atoms with E-state index >= 15 is 0 Å². The molecule has 0 aliphatic rings. The molecule has 0 aliphatic heterocycles. The Kier molecular flexibility index (Phi) is 7.32. The molecule has 0 bridgehead atoms. The summed E-state index contributed by atoms with van der Waals surface area (Å²) in [6, 6.07) is 4.73. The summed E-state index contributed by atoms with van der Waals surface area (Å²) in [5.41, 5.74) is 0. The van der Waals surface area contributed by atoms with Crippen molar-refractivity contribution in [2.75, 3.05) is 26.2 Å². The summed E-state index contributed by atoms with van der Waals surface area (Å²) in [6.45, 7) is 4.74. The number of ether oxygens (including phenoxy) is 1. The average molecular weight is 333 g/mol. The fourth-order valence-electron chi connectivity index (χ4n) is 1.65. The Labute approximate surface area is 134 Å². The van der Waals surface area contributed by atoms with E-state index < -0.39 is 0 Å². The normalized spacial score (nSPS) is 10.1. The first-order valence-electron chi connectivity index (χ1n) is 6.60. The highest BCUT2D eigenvalue weighted by Gasteiger charge is 2.11. The van der Waals surface area contributed by atoms with Crippen molar-refractivity contribution in [3.8, 4) is 5.75 Å². The van der Waals surface area contributed by atoms with Gasteiger partial charge in [0.25, 0.3) is 5.91 Å². The average Bonchev–Trinajstić information content (AvgIpc) is 2.45. The molecule has 0 heterocycles. The van der Waals surface area contributed by atoms with Crippen LogP contribution in [0.15, 0.2) is 18.2 Å². The van der Waals surface area contributed by atoms with E-state index in [0.29, 0.717) is 28.9 Å². The lowest BCUT2D eigenvalue weighted by Gasteiger charge is -2.18. The Morgan fingerprint density at radius 1 is 1.24 bits per heavy atom. The monoisotopic (exact) mass is 332 g/mol. The molecule has 0 radical (unpaired) electrons. The molecule has 0 saturated carbocycles. The highest BCUT2D eigenvalue weighted by Crippen LogP contribution is 2.27. The molecule has 2 amide bonds. The van der Waals surface area contributed by atoms with Crippen molar-refractivity contribution in [3.05, 3.63) is 28.2 Å². The third kappa shape index (κ3) is 5.81. The molecule has 116 valence electrons. The molecule has 0 saturated heterocycles. The second-order valence-corrected chi connectivity index (χ2v) is 5.05. The minimum absolute atomic E-state index is 0.0434. The largest absolute Gasteiger partial charge is 0.482 e. The topological polar surface area (TPSA) is 58.6 Å². The number of nitrogens with one attached hydrogen (secondary N) is 1. The molecule has 0 atom stereocenters. The Morgan fingerprint density at radius 3 is 2.48 bits per heavy atom. The maximum atomic E-state index is 11.7. The Balaban J connectivity index is 2.39. The van der Waals surface area contributed by atoms with Crippen LogP contribution in [-0.2, 0) is 9.59 Å². The van der Waals surface area contributed by atoms with Gasteiger partial charge in [-0.3, -0.25) is 9.59 Å². The maximum Gasteiger partial charge on any atom is 0.258 e. The second kappa shape index (κ2) is 8.74. The molecule has 1 N–H and O–H groups in total. The molecular formula is C14H18Cl2N2O3. The van der Waals surface area contributed by atoms with Gasteiger partial charge in [-0.2, -0.15) is 0 Å². The first-order valence-corrected chi connectivity index (χ1v) is 7.35. The first-order chi connectivity index (χ1) is 9.97. The van der Waals surface area contributed by atoms with Crippen LogP contribution in [0.3, 0.4) is 0 Å². The van der Waals surface area contributed by atoms with Crippen molar-refractivity contribution in [3.63, 3.8) is 0 Å². The van der Waals surface area contributed by atoms with Crippen LogP contribution in [0.1, 0.15) is 13.8 Å². The van der Waals surface area contributed by atoms with Crippen LogP contribution in [0.4, 0.5) is 0 Å². The lowest BCUT2D eigenvalue weighted by Crippen LogP contribution is -2.41. The molecule has 0 aromatic heterocycles. The van der Waals surface area contributed by atoms with Gasteiger partial charge < -0.3 is 15.0 Å². The zero-order chi connectivity index (χ0) is 15.8. The van der Waals surface area contributed by atoms with E-state index in [9.17, 15) is 9.59 Å². The number of carbonyl (C=O) groups is 2. The lowest BCUT2D eigenvalue weighted by atomic mass is 10.3. The zero-order valence-electron chi connectivity index (χ0n) is 12.0. The van der Waals surface area contributed by atoms with Gasteiger partial charge in [0.15, 0.2) is 6.61 Å². The molecule has 0 fully saturated rings. The van der Waals surface area contributed by atoms with Gasteiger partial charge in [-0.05, 0) is 32.0 Å². The van der Waals surface area contributed by atoms with Crippen LogP contribution in [0.5, 0.6) is 5.75 Å². The Hall–Kier alpha value is -1.46. The highest BCUT2D eigenvalue weighted by molar-refractivity contribution is 6.35. The predicted octanol–water partition coefficient (Wildman–Crippen LogP) is 2.36. The number of carbonyl (C=O) groups excluding carboxylic acids is 2. The molecule has 1 aromatic carbocycles. The Morgan fingerprint density at radius 2 is 1.90 bits per heavy atom. The summed E-state index contributed by atoms with van der Waals surface area (Å²) < 4.78 is 5.27. The molecule has 1 aromatic rings. The minimum Gasteiger partial charge on any atom is -0.482 e. The fraction of sp³-hybridized carbons (Fsp3) is 0.429. The molecule has 0 aliphatic carbocycles. The van der Waals surface area contributed by atoms with Crippen molar-refractivity contribution in [2.45, 2.75) is 13.8 Å². The highest BCUT2D eigenvalue weighted by atomic mass is 35.5. The Bertz CT molecular complexity index is 505. The van der Waals surface area contributed by atoms with Gasteiger partial charge in [-0.15, -0.1) is 0 Å². The smallest absolute Gasteiger partial charge is 0.258 e. The number of hydrogen-bond acceptors (Lipinski definition) is 3. The second-order valence-electron chi connectivity index (χ2n) is 4.21. The SMILES string of the molecule is CCN(CC)C(=O)CNC(=O)COc1ccc(Cl)cc1Cl. The number of nitrogens with zero attached hydrogens (tertiary/aromatic N) is 1. The van der Waals surface area contributed by atoms with Crippen molar-refractivity contribution in [1.29, 1.82) is 0 Å². The van der Waals surface area contributed by atoms with E-state index in [2.05, 4.69) is 5.32 Å². The summed E-state index contributed by atoms with van der Waals surface area (Å²) >= 11 is 11.7. The quantitative estimate of drug-likeness (QED) is 0.833. The molecule has 5 nitrogen and oxygen atoms in total. The van der Waals surface area contributed by atoms with Crippen LogP contribution < -0.4 is 10.1 Å². The third-order valence-corrected chi connectivity index (χ3v) is 3.34. The van der Waals surface area contributed by atoms with Crippen LogP contribution in [-0.4, -0.2) is 43.0 Å². The van der Waals surface area contributed by atoms with Gasteiger partial charge in [0.05, 0.1) is 11.6 Å². The predicted molar refractivity (Wildman–Crippen MR) is 82.9 cm³/mol. The van der Waals surface area contributed by atoms with E-state index in [1.807, 2.05) is 13.8 Å². The van der Waals surface area contributed by atoms with E-state index in [1.54, 1.807) is 17.0 Å². The standard InChI is InChI=1S/C14H18Cl2N2O3/c1-3-18(4-2)14(20)8-17-13(19)9-21-12-6-5-10(15)7-11(12)16/h5-7H,3-4,8-9H2,1-2H3,(H,17,19). The fourth-order valence-corrected chi connectivity index (χ4v) is 2.11. The summed E-state index contributed by atoms with van der Waals surface area (Å²) in [5, 5.41) is 3.32. The maximum absolute atomic E-state index is 11.7. The van der Waals surface area contributed by atoms with Gasteiger partial charge in [0, 0.05) is 18.1 Å². The number of rotatable bonds is 7. The van der Waals surface area contributed by atoms with Gasteiger partial charge in [-0.1, -0.05) is 23.2 Å². The number of amides is 2. The van der Waals surface area contributed by atoms with E-state index in [0.717, 1.165) is 0 Å². The number of hydrogen-bond donors (Lipinski definition) is 1. The third-order valence-electron chi connectivity index (χ3n) is 2.81. The first kappa shape index (κ1) is 17.6. The van der Waals surface area contributed by atoms with E-state index in [1.165, 1.54) is 6.07 Å². The summed E-state index contributed by atoms with van der Waals surface area (Å²) in [6.07, 6.45) is 0. The molecule has 1 rings (SSSR count). The molecule has 0 unspecified atom stereocenters. The number of benzene rings is 1. The summed E-state index contributed by atoms with van der Waals surface area (Å²) in [4.78, 5) is 25.0. The minimum atomic E-state index is -0.387. The summed E-state index contributed by atoms with van der Waals surface area (Å²) in [7, 11) is 0. The number of likely N-dealkylation sites (N-methyl/N-ethyl adjacent to an activating group) is 1. The van der Waals surface area contributed by atoms with Gasteiger partial charge in [-0.25, -0.2) is 0 Å². The van der Waals surface area contributed by atoms with Gasteiger partial charge in [0.2, 0.25) is 5.91 Å². The van der Waals surface area contributed by atoms with E-state index in [4.69, 9.17) is 27.9 Å². The molecule has 0 spiro atoms. The van der Waals surface area contributed by atoms with Crippen molar-refractivity contribution in [1.82, 2.24) is 10.2 Å². The van der Waals surface area contributed by atoms with Crippen LogP contribution >= 0.6 is 23.2 Å². The lowest BCUT2D eigenvalue weighted by molar-refractivity contribution is -0.133. The van der Waals surface area contributed by atoms with E-state index in [-0.39, 0.29) is 25.0 Å². The van der Waals surface area contributed by atoms with Gasteiger partial charge >= 0.3 is 0 Å². The van der Waals surface area contributed by atoms with Crippen LogP contribution in [0.2, 0.25) is 10.0 Å². The molecular weight excluding hydrogens is 315 g/mol. The number of halogens is 2. The van der Waals surface area contributed by atoms with Crippen molar-refractivity contribution in [2.24, 2.45) is 0 Å². The van der Waals surface area contributed by atoms with Gasteiger partial charge in [0.1, 0.15) is 5.75 Å². The van der Waals surface area contributed by atoms with Crippen molar-refractivity contribution >= 4 is 35.0 Å².